The fourth-order valence-electron chi connectivity index (χ4n) is 3.53. The van der Waals surface area contributed by atoms with Crippen LogP contribution in [0.1, 0.15) is 11.1 Å². The Morgan fingerprint density at radius 3 is 2.62 bits per heavy atom. The molecular formula is C18H18N4O2. The van der Waals surface area contributed by atoms with Crippen LogP contribution in [0.25, 0.3) is 11.0 Å². The first-order valence-corrected chi connectivity index (χ1v) is 7.91. The molecule has 0 saturated heterocycles. The fourth-order valence-corrected chi connectivity index (χ4v) is 3.53. The van der Waals surface area contributed by atoms with Crippen LogP contribution in [-0.4, -0.2) is 20.7 Å². The van der Waals surface area contributed by atoms with Crippen LogP contribution in [0.15, 0.2) is 40.1 Å². The molecule has 0 spiro atoms. The van der Waals surface area contributed by atoms with Crippen molar-refractivity contribution in [1.82, 2.24) is 14.1 Å². The fraction of sp³-hybridized carbons (Fsp3) is 0.278. The normalized spacial score (nSPS) is 13.5. The summed E-state index contributed by atoms with van der Waals surface area (Å²) in [4.78, 5) is 31.5. The number of aromatic nitrogens is 3. The summed E-state index contributed by atoms with van der Waals surface area (Å²) in [5, 5.41) is 0.497. The number of pyridine rings is 1. The van der Waals surface area contributed by atoms with E-state index in [9.17, 15) is 9.59 Å². The Balaban J connectivity index is 2.13. The molecule has 0 fully saturated rings. The Hall–Kier alpha value is -2.89. The van der Waals surface area contributed by atoms with Gasteiger partial charge in [0, 0.05) is 32.5 Å². The van der Waals surface area contributed by atoms with E-state index in [1.807, 2.05) is 19.1 Å². The van der Waals surface area contributed by atoms with E-state index in [-0.39, 0.29) is 11.2 Å². The van der Waals surface area contributed by atoms with Crippen molar-refractivity contribution in [2.45, 2.75) is 13.3 Å². The Morgan fingerprint density at radius 1 is 1.08 bits per heavy atom. The third kappa shape index (κ3) is 1.86. The minimum atomic E-state index is -0.364. The minimum absolute atomic E-state index is 0.302. The van der Waals surface area contributed by atoms with Crippen LogP contribution < -0.4 is 16.1 Å². The zero-order chi connectivity index (χ0) is 17.0. The van der Waals surface area contributed by atoms with Crippen LogP contribution in [0.3, 0.4) is 0 Å². The van der Waals surface area contributed by atoms with Gasteiger partial charge in [0.1, 0.15) is 5.39 Å². The molecule has 6 nitrogen and oxygen atoms in total. The number of fused-ring (bicyclic) bond motifs is 2. The van der Waals surface area contributed by atoms with Crippen molar-refractivity contribution in [1.29, 1.82) is 0 Å². The predicted octanol–water partition coefficient (Wildman–Crippen LogP) is 1.63. The zero-order valence-corrected chi connectivity index (χ0v) is 13.9. The van der Waals surface area contributed by atoms with Crippen LogP contribution in [0.4, 0.5) is 11.4 Å². The van der Waals surface area contributed by atoms with E-state index in [0.717, 1.165) is 34.5 Å². The second kappa shape index (κ2) is 5.06. The molecule has 0 aliphatic carbocycles. The molecular weight excluding hydrogens is 304 g/mol. The predicted molar refractivity (Wildman–Crippen MR) is 94.1 cm³/mol. The Bertz CT molecular complexity index is 1090. The van der Waals surface area contributed by atoms with Crippen molar-refractivity contribution >= 4 is 22.4 Å². The van der Waals surface area contributed by atoms with Gasteiger partial charge in [0.15, 0.2) is 5.65 Å². The maximum Gasteiger partial charge on any atom is 0.332 e. The van der Waals surface area contributed by atoms with Crippen molar-refractivity contribution in [3.63, 3.8) is 0 Å². The smallest absolute Gasteiger partial charge is 0.332 e. The average molecular weight is 322 g/mol. The summed E-state index contributed by atoms with van der Waals surface area (Å²) in [6.07, 6.45) is 2.67. The molecule has 0 N–H and O–H groups in total. The molecule has 0 saturated carbocycles. The van der Waals surface area contributed by atoms with Crippen LogP contribution in [0.2, 0.25) is 0 Å². The van der Waals surface area contributed by atoms with Crippen LogP contribution >= 0.6 is 0 Å². The molecule has 3 aromatic rings. The molecule has 4 rings (SSSR count). The molecule has 1 aliphatic rings. The summed E-state index contributed by atoms with van der Waals surface area (Å²) in [6, 6.07) is 8.22. The van der Waals surface area contributed by atoms with Gasteiger partial charge < -0.3 is 4.90 Å². The van der Waals surface area contributed by atoms with Gasteiger partial charge in [-0.1, -0.05) is 18.2 Å². The number of nitrogens with zero attached hydrogens (tertiary/aromatic N) is 4. The standard InChI is InChI=1S/C18H18N4O2/c1-11-10-19-16-14(17(23)21(3)18(24)20(16)2)15(11)22-9-8-12-6-4-5-7-13(12)22/h4-7,10H,8-9H2,1-3H3. The van der Waals surface area contributed by atoms with Gasteiger partial charge in [-0.25, -0.2) is 9.78 Å². The summed E-state index contributed by atoms with van der Waals surface area (Å²) < 4.78 is 2.58. The SMILES string of the molecule is Cc1cnc2c(c1N1CCc3ccccc31)c(=O)n(C)c(=O)n2C. The molecule has 0 radical (unpaired) electrons. The number of benzene rings is 1. The monoisotopic (exact) mass is 322 g/mol. The Labute approximate surface area is 138 Å². The Morgan fingerprint density at radius 2 is 1.83 bits per heavy atom. The first kappa shape index (κ1) is 14.7. The number of anilines is 2. The van der Waals surface area contributed by atoms with E-state index in [2.05, 4.69) is 22.0 Å². The largest absolute Gasteiger partial charge is 0.340 e. The van der Waals surface area contributed by atoms with Crippen molar-refractivity contribution in [2.75, 3.05) is 11.4 Å². The van der Waals surface area contributed by atoms with E-state index >= 15 is 0 Å². The van der Waals surface area contributed by atoms with Crippen LogP contribution in [-0.2, 0) is 20.5 Å². The summed E-state index contributed by atoms with van der Waals surface area (Å²) in [5.41, 5.74) is 3.91. The van der Waals surface area contributed by atoms with Crippen molar-refractivity contribution in [2.24, 2.45) is 14.1 Å². The minimum Gasteiger partial charge on any atom is -0.340 e. The summed E-state index contributed by atoms with van der Waals surface area (Å²) >= 11 is 0. The molecule has 0 atom stereocenters. The maximum atomic E-state index is 12.8. The number of aryl methyl sites for hydroxylation is 2. The van der Waals surface area contributed by atoms with E-state index in [1.165, 1.54) is 17.2 Å². The molecule has 0 amide bonds. The molecule has 122 valence electrons. The number of hydrogen-bond donors (Lipinski definition) is 0. The molecule has 3 heterocycles. The lowest BCUT2D eigenvalue weighted by molar-refractivity contribution is 0.707. The lowest BCUT2D eigenvalue weighted by atomic mass is 10.1. The number of para-hydroxylation sites is 1. The first-order valence-electron chi connectivity index (χ1n) is 7.91. The van der Waals surface area contributed by atoms with Crippen molar-refractivity contribution in [3.8, 4) is 0 Å². The second-order valence-corrected chi connectivity index (χ2v) is 6.22. The third-order valence-corrected chi connectivity index (χ3v) is 4.78. The van der Waals surface area contributed by atoms with Gasteiger partial charge in [-0.15, -0.1) is 0 Å². The summed E-state index contributed by atoms with van der Waals surface area (Å²) in [6.45, 7) is 2.76. The maximum absolute atomic E-state index is 12.8. The average Bonchev–Trinajstić information content (AvgIpc) is 3.01. The molecule has 6 heteroatoms. The summed E-state index contributed by atoms with van der Waals surface area (Å²) in [5.74, 6) is 0. The van der Waals surface area contributed by atoms with Gasteiger partial charge in [-0.3, -0.25) is 13.9 Å². The molecule has 1 aliphatic heterocycles. The van der Waals surface area contributed by atoms with E-state index in [1.54, 1.807) is 13.2 Å². The van der Waals surface area contributed by atoms with Crippen molar-refractivity contribution < 1.29 is 0 Å². The van der Waals surface area contributed by atoms with Gasteiger partial charge >= 0.3 is 5.69 Å². The second-order valence-electron chi connectivity index (χ2n) is 6.22. The Kier molecular flexibility index (Phi) is 3.09. The lowest BCUT2D eigenvalue weighted by Gasteiger charge is -2.23. The number of rotatable bonds is 1. The topological polar surface area (TPSA) is 60.1 Å². The quantitative estimate of drug-likeness (QED) is 0.683. The van der Waals surface area contributed by atoms with Gasteiger partial charge in [0.05, 0.1) is 5.69 Å². The lowest BCUT2D eigenvalue weighted by Crippen LogP contribution is -2.38. The van der Waals surface area contributed by atoms with Crippen LogP contribution in [0.5, 0.6) is 0 Å². The highest BCUT2D eigenvalue weighted by Gasteiger charge is 2.25. The molecule has 0 bridgehead atoms. The van der Waals surface area contributed by atoms with Gasteiger partial charge in [0.2, 0.25) is 0 Å². The highest BCUT2D eigenvalue weighted by atomic mass is 16.2. The van der Waals surface area contributed by atoms with Crippen LogP contribution in [0, 0.1) is 6.92 Å². The van der Waals surface area contributed by atoms with Gasteiger partial charge in [-0.2, -0.15) is 0 Å². The summed E-state index contributed by atoms with van der Waals surface area (Å²) in [7, 11) is 3.16. The highest BCUT2D eigenvalue weighted by Crippen LogP contribution is 2.38. The van der Waals surface area contributed by atoms with Crippen molar-refractivity contribution in [3.05, 3.63) is 62.4 Å². The van der Waals surface area contributed by atoms with Gasteiger partial charge in [0.25, 0.3) is 5.56 Å². The molecule has 2 aromatic heterocycles. The van der Waals surface area contributed by atoms with E-state index in [0.29, 0.717) is 11.0 Å². The third-order valence-electron chi connectivity index (χ3n) is 4.78. The van der Waals surface area contributed by atoms with E-state index in [4.69, 9.17) is 0 Å². The zero-order valence-electron chi connectivity index (χ0n) is 13.9. The number of hydrogen-bond acceptors (Lipinski definition) is 4. The van der Waals surface area contributed by atoms with E-state index < -0.39 is 0 Å². The van der Waals surface area contributed by atoms with Gasteiger partial charge in [-0.05, 0) is 30.5 Å². The highest BCUT2D eigenvalue weighted by molar-refractivity contribution is 5.94. The molecule has 1 aromatic carbocycles. The molecule has 0 unspecified atom stereocenters. The molecule has 24 heavy (non-hydrogen) atoms. The first-order chi connectivity index (χ1) is 11.5.